The fourth-order valence-electron chi connectivity index (χ4n) is 3.21. The van der Waals surface area contributed by atoms with Gasteiger partial charge in [-0.1, -0.05) is 0 Å². The lowest BCUT2D eigenvalue weighted by Crippen LogP contribution is -2.20. The van der Waals surface area contributed by atoms with Crippen molar-refractivity contribution in [3.05, 3.63) is 66.4 Å². The van der Waals surface area contributed by atoms with Crippen LogP contribution in [0.15, 0.2) is 54.9 Å². The van der Waals surface area contributed by atoms with E-state index in [4.69, 9.17) is 0 Å². The third-order valence-corrected chi connectivity index (χ3v) is 4.70. The van der Waals surface area contributed by atoms with E-state index in [1.54, 1.807) is 24.5 Å². The number of rotatable bonds is 6. The standard InChI is InChI=1S/C21H21FN6/c1-27(20-10-9-18-21(25-20)24-12-11-23-18)13-3-4-17-14-19(28(2)26-17)15-5-7-16(22)8-6-15/h5-12,14H,3-4,13H2,1-2H3. The normalized spacial score (nSPS) is 11.1. The van der Waals surface area contributed by atoms with E-state index in [1.165, 1.54) is 12.1 Å². The second kappa shape index (κ2) is 7.72. The number of benzene rings is 1. The molecule has 4 rings (SSSR count). The third-order valence-electron chi connectivity index (χ3n) is 4.70. The van der Waals surface area contributed by atoms with E-state index >= 15 is 0 Å². The number of aryl methyl sites for hydroxylation is 2. The minimum atomic E-state index is -0.234. The molecule has 0 fully saturated rings. The fraction of sp³-hybridized carbons (Fsp3) is 0.238. The molecule has 0 saturated heterocycles. The van der Waals surface area contributed by atoms with Crippen LogP contribution < -0.4 is 4.90 Å². The molecule has 28 heavy (non-hydrogen) atoms. The van der Waals surface area contributed by atoms with Crippen molar-refractivity contribution in [3.8, 4) is 11.3 Å². The summed E-state index contributed by atoms with van der Waals surface area (Å²) in [4.78, 5) is 15.2. The van der Waals surface area contributed by atoms with Crippen molar-refractivity contribution in [2.45, 2.75) is 12.8 Å². The van der Waals surface area contributed by atoms with Crippen LogP contribution in [0.3, 0.4) is 0 Å². The smallest absolute Gasteiger partial charge is 0.180 e. The van der Waals surface area contributed by atoms with Gasteiger partial charge in [-0.2, -0.15) is 5.10 Å². The van der Waals surface area contributed by atoms with Gasteiger partial charge in [-0.15, -0.1) is 0 Å². The molecule has 0 bridgehead atoms. The Balaban J connectivity index is 1.39. The van der Waals surface area contributed by atoms with Crippen LogP contribution in [0, 0.1) is 5.82 Å². The average molecular weight is 376 g/mol. The van der Waals surface area contributed by atoms with Crippen molar-refractivity contribution in [1.29, 1.82) is 0 Å². The highest BCUT2D eigenvalue weighted by Gasteiger charge is 2.09. The molecule has 0 unspecified atom stereocenters. The van der Waals surface area contributed by atoms with Crippen LogP contribution in [-0.4, -0.2) is 38.3 Å². The lowest BCUT2D eigenvalue weighted by atomic mass is 10.1. The largest absolute Gasteiger partial charge is 0.360 e. The Bertz CT molecular complexity index is 1090. The van der Waals surface area contributed by atoms with Crippen LogP contribution in [0.4, 0.5) is 10.2 Å². The molecule has 7 heteroatoms. The third kappa shape index (κ3) is 3.83. The predicted molar refractivity (Wildman–Crippen MR) is 108 cm³/mol. The van der Waals surface area contributed by atoms with E-state index in [1.807, 2.05) is 30.9 Å². The summed E-state index contributed by atoms with van der Waals surface area (Å²) in [7, 11) is 3.93. The molecule has 0 aliphatic rings. The van der Waals surface area contributed by atoms with Gasteiger partial charge in [0.15, 0.2) is 5.65 Å². The first-order chi connectivity index (χ1) is 13.6. The maximum absolute atomic E-state index is 13.1. The number of halogens is 1. The molecule has 4 aromatic rings. The van der Waals surface area contributed by atoms with Gasteiger partial charge in [-0.05, 0) is 60.9 Å². The highest BCUT2D eigenvalue weighted by molar-refractivity contribution is 5.71. The Kier molecular flexibility index (Phi) is 4.97. The monoisotopic (exact) mass is 376 g/mol. The van der Waals surface area contributed by atoms with E-state index in [9.17, 15) is 4.39 Å². The first kappa shape index (κ1) is 18.0. The SMILES string of the molecule is CN(CCCc1cc(-c2ccc(F)cc2)n(C)n1)c1ccc2nccnc2n1. The van der Waals surface area contributed by atoms with Gasteiger partial charge in [0.25, 0.3) is 0 Å². The van der Waals surface area contributed by atoms with Crippen molar-refractivity contribution in [1.82, 2.24) is 24.7 Å². The van der Waals surface area contributed by atoms with Gasteiger partial charge in [-0.25, -0.2) is 14.4 Å². The number of aromatic nitrogens is 5. The highest BCUT2D eigenvalue weighted by atomic mass is 19.1. The molecular formula is C21H21FN6. The summed E-state index contributed by atoms with van der Waals surface area (Å²) in [5.41, 5.74) is 4.41. The van der Waals surface area contributed by atoms with Gasteiger partial charge in [0.1, 0.15) is 17.2 Å². The Hall–Kier alpha value is -3.35. The number of anilines is 1. The summed E-state index contributed by atoms with van der Waals surface area (Å²) in [5, 5.41) is 4.59. The van der Waals surface area contributed by atoms with Crippen molar-refractivity contribution < 1.29 is 4.39 Å². The lowest BCUT2D eigenvalue weighted by molar-refractivity contribution is 0.628. The molecule has 0 radical (unpaired) electrons. The zero-order valence-electron chi connectivity index (χ0n) is 15.9. The summed E-state index contributed by atoms with van der Waals surface area (Å²) in [6, 6.07) is 12.5. The molecule has 1 aromatic carbocycles. The topological polar surface area (TPSA) is 59.7 Å². The Labute approximate surface area is 162 Å². The molecular weight excluding hydrogens is 355 g/mol. The Morgan fingerprint density at radius 1 is 1.04 bits per heavy atom. The number of pyridine rings is 1. The quantitative estimate of drug-likeness (QED) is 0.514. The van der Waals surface area contributed by atoms with Crippen LogP contribution in [-0.2, 0) is 13.5 Å². The van der Waals surface area contributed by atoms with Crippen LogP contribution in [0.5, 0.6) is 0 Å². The van der Waals surface area contributed by atoms with Crippen molar-refractivity contribution >= 4 is 17.0 Å². The van der Waals surface area contributed by atoms with Crippen molar-refractivity contribution in [2.24, 2.45) is 7.05 Å². The minimum Gasteiger partial charge on any atom is -0.360 e. The zero-order chi connectivity index (χ0) is 19.5. The maximum atomic E-state index is 13.1. The van der Waals surface area contributed by atoms with Gasteiger partial charge < -0.3 is 4.90 Å². The number of nitrogens with zero attached hydrogens (tertiary/aromatic N) is 6. The summed E-state index contributed by atoms with van der Waals surface area (Å²) < 4.78 is 15.0. The summed E-state index contributed by atoms with van der Waals surface area (Å²) >= 11 is 0. The number of hydrogen-bond acceptors (Lipinski definition) is 5. The van der Waals surface area contributed by atoms with Crippen molar-refractivity contribution in [3.63, 3.8) is 0 Å². The summed E-state index contributed by atoms with van der Waals surface area (Å²) in [6.45, 7) is 0.848. The second-order valence-corrected chi connectivity index (χ2v) is 6.75. The molecule has 142 valence electrons. The first-order valence-electron chi connectivity index (χ1n) is 9.18. The molecule has 0 aliphatic heterocycles. The summed E-state index contributed by atoms with van der Waals surface area (Å²) in [6.07, 6.45) is 5.11. The first-order valence-corrected chi connectivity index (χ1v) is 9.18. The van der Waals surface area contributed by atoms with E-state index < -0.39 is 0 Å². The molecule has 0 saturated carbocycles. The number of hydrogen-bond donors (Lipinski definition) is 0. The van der Waals surface area contributed by atoms with E-state index in [-0.39, 0.29) is 5.82 Å². The lowest BCUT2D eigenvalue weighted by Gasteiger charge is -2.17. The second-order valence-electron chi connectivity index (χ2n) is 6.75. The van der Waals surface area contributed by atoms with Crippen LogP contribution >= 0.6 is 0 Å². The molecule has 3 heterocycles. The number of fused-ring (bicyclic) bond motifs is 1. The highest BCUT2D eigenvalue weighted by Crippen LogP contribution is 2.21. The van der Waals surface area contributed by atoms with Gasteiger partial charge in [0, 0.05) is 33.0 Å². The predicted octanol–water partition coefficient (Wildman–Crippen LogP) is 3.63. The molecule has 0 atom stereocenters. The van der Waals surface area contributed by atoms with E-state index in [0.717, 1.165) is 47.7 Å². The van der Waals surface area contributed by atoms with Gasteiger partial charge in [0.2, 0.25) is 0 Å². The van der Waals surface area contributed by atoms with Crippen LogP contribution in [0.25, 0.3) is 22.4 Å². The summed E-state index contributed by atoms with van der Waals surface area (Å²) in [5.74, 6) is 0.642. The Morgan fingerprint density at radius 3 is 2.64 bits per heavy atom. The van der Waals surface area contributed by atoms with Crippen LogP contribution in [0.2, 0.25) is 0 Å². The molecule has 0 N–H and O–H groups in total. The zero-order valence-corrected chi connectivity index (χ0v) is 15.9. The Morgan fingerprint density at radius 2 is 1.82 bits per heavy atom. The van der Waals surface area contributed by atoms with Gasteiger partial charge in [0.05, 0.1) is 11.4 Å². The van der Waals surface area contributed by atoms with Gasteiger partial charge in [-0.3, -0.25) is 9.67 Å². The molecule has 0 amide bonds. The van der Waals surface area contributed by atoms with Crippen molar-refractivity contribution in [2.75, 3.05) is 18.5 Å². The van der Waals surface area contributed by atoms with Gasteiger partial charge >= 0.3 is 0 Å². The van der Waals surface area contributed by atoms with E-state index in [0.29, 0.717) is 5.65 Å². The molecule has 0 spiro atoms. The van der Waals surface area contributed by atoms with Crippen LogP contribution in [0.1, 0.15) is 12.1 Å². The fourth-order valence-corrected chi connectivity index (χ4v) is 3.21. The molecule has 0 aliphatic carbocycles. The molecule has 3 aromatic heterocycles. The van der Waals surface area contributed by atoms with E-state index in [2.05, 4.69) is 31.0 Å². The maximum Gasteiger partial charge on any atom is 0.180 e. The average Bonchev–Trinajstić information content (AvgIpc) is 3.08. The molecule has 6 nitrogen and oxygen atoms in total. The minimum absolute atomic E-state index is 0.234.